The van der Waals surface area contributed by atoms with E-state index in [1.165, 1.54) is 6.07 Å². The summed E-state index contributed by atoms with van der Waals surface area (Å²) >= 11 is 0. The highest BCUT2D eigenvalue weighted by Crippen LogP contribution is 2.18. The SMILES string of the molecule is Nc1ccc(OC(=O)c2cccc(C(=O)Oc3ccc(N)cc3)c2)cc1.O=CO. The third kappa shape index (κ3) is 6.40. The van der Waals surface area contributed by atoms with Gasteiger partial charge < -0.3 is 26.0 Å². The second-order valence-corrected chi connectivity index (χ2v) is 5.60. The summed E-state index contributed by atoms with van der Waals surface area (Å²) in [7, 11) is 0. The Bertz CT molecular complexity index is 910. The van der Waals surface area contributed by atoms with E-state index in [0.717, 1.165) is 0 Å². The van der Waals surface area contributed by atoms with Gasteiger partial charge in [0.25, 0.3) is 6.47 Å². The molecule has 0 saturated heterocycles. The van der Waals surface area contributed by atoms with E-state index < -0.39 is 11.9 Å². The van der Waals surface area contributed by atoms with Crippen molar-refractivity contribution in [2.24, 2.45) is 0 Å². The molecule has 0 saturated carbocycles. The lowest BCUT2D eigenvalue weighted by atomic mass is 10.1. The predicted octanol–water partition coefficient (Wildman–Crippen LogP) is 2.99. The molecule has 0 heterocycles. The molecule has 8 heteroatoms. The molecule has 148 valence electrons. The summed E-state index contributed by atoms with van der Waals surface area (Å²) in [6, 6.07) is 19.0. The largest absolute Gasteiger partial charge is 0.483 e. The first-order valence-electron chi connectivity index (χ1n) is 8.26. The predicted molar refractivity (Wildman–Crippen MR) is 107 cm³/mol. The number of nitrogens with two attached hydrogens (primary N) is 2. The summed E-state index contributed by atoms with van der Waals surface area (Å²) in [5.41, 5.74) is 12.8. The molecular formula is C21H18N2O6. The number of rotatable bonds is 4. The number of carboxylic acid groups (broad SMARTS) is 1. The van der Waals surface area contributed by atoms with Crippen molar-refractivity contribution < 1.29 is 29.0 Å². The van der Waals surface area contributed by atoms with Crippen molar-refractivity contribution in [3.05, 3.63) is 83.9 Å². The fraction of sp³-hybridized carbons (Fsp3) is 0. The second-order valence-electron chi connectivity index (χ2n) is 5.60. The maximum atomic E-state index is 12.3. The Morgan fingerprint density at radius 2 is 1.07 bits per heavy atom. The molecule has 3 rings (SSSR count). The van der Waals surface area contributed by atoms with Gasteiger partial charge in [-0.05, 0) is 66.7 Å². The van der Waals surface area contributed by atoms with Crippen molar-refractivity contribution in [3.8, 4) is 11.5 Å². The number of carbonyl (C=O) groups excluding carboxylic acids is 2. The highest BCUT2D eigenvalue weighted by Gasteiger charge is 2.14. The summed E-state index contributed by atoms with van der Waals surface area (Å²) in [5, 5.41) is 6.89. The lowest BCUT2D eigenvalue weighted by Crippen LogP contribution is -2.12. The van der Waals surface area contributed by atoms with Gasteiger partial charge in [-0.25, -0.2) is 9.59 Å². The number of hydrogen-bond donors (Lipinski definition) is 3. The van der Waals surface area contributed by atoms with Crippen molar-refractivity contribution in [2.75, 3.05) is 11.5 Å². The molecule has 3 aromatic rings. The van der Waals surface area contributed by atoms with Crippen LogP contribution in [0.25, 0.3) is 0 Å². The van der Waals surface area contributed by atoms with Crippen molar-refractivity contribution in [3.63, 3.8) is 0 Å². The smallest absolute Gasteiger partial charge is 0.343 e. The quantitative estimate of drug-likeness (QED) is 0.265. The van der Waals surface area contributed by atoms with Crippen LogP contribution >= 0.6 is 0 Å². The maximum Gasteiger partial charge on any atom is 0.343 e. The normalized spacial score (nSPS) is 9.52. The van der Waals surface area contributed by atoms with Gasteiger partial charge in [-0.3, -0.25) is 4.79 Å². The van der Waals surface area contributed by atoms with Crippen LogP contribution in [0.2, 0.25) is 0 Å². The van der Waals surface area contributed by atoms with E-state index in [4.69, 9.17) is 30.8 Å². The number of esters is 2. The van der Waals surface area contributed by atoms with Gasteiger partial charge in [0.2, 0.25) is 0 Å². The Hall–Kier alpha value is -4.33. The highest BCUT2D eigenvalue weighted by molar-refractivity contribution is 5.96. The van der Waals surface area contributed by atoms with Crippen LogP contribution in [-0.2, 0) is 4.79 Å². The van der Waals surface area contributed by atoms with E-state index in [2.05, 4.69) is 0 Å². The van der Waals surface area contributed by atoms with Crippen molar-refractivity contribution in [1.82, 2.24) is 0 Å². The molecule has 0 unspecified atom stereocenters. The fourth-order valence-corrected chi connectivity index (χ4v) is 2.18. The Morgan fingerprint density at radius 1 is 0.724 bits per heavy atom. The van der Waals surface area contributed by atoms with Crippen LogP contribution in [0.5, 0.6) is 11.5 Å². The van der Waals surface area contributed by atoms with Crippen molar-refractivity contribution in [2.45, 2.75) is 0 Å². The van der Waals surface area contributed by atoms with Gasteiger partial charge in [0.05, 0.1) is 11.1 Å². The number of carbonyl (C=O) groups is 3. The molecule has 0 aliphatic rings. The van der Waals surface area contributed by atoms with Crippen LogP contribution in [-0.4, -0.2) is 23.5 Å². The van der Waals surface area contributed by atoms with Gasteiger partial charge in [0.1, 0.15) is 11.5 Å². The van der Waals surface area contributed by atoms with Crippen LogP contribution in [0.3, 0.4) is 0 Å². The standard InChI is InChI=1S/C20H16N2O4.CH2O2/c21-15-4-8-17(9-5-15)25-19(23)13-2-1-3-14(12-13)20(24)26-18-10-6-16(22)7-11-18;2-1-3/h1-12H,21-22H2;1H,(H,2,3). The Labute approximate surface area is 166 Å². The Kier molecular flexibility index (Phi) is 7.32. The van der Waals surface area contributed by atoms with Gasteiger partial charge in [0.15, 0.2) is 0 Å². The van der Waals surface area contributed by atoms with Crippen molar-refractivity contribution >= 4 is 29.8 Å². The van der Waals surface area contributed by atoms with Crippen LogP contribution in [0.1, 0.15) is 20.7 Å². The zero-order valence-corrected chi connectivity index (χ0v) is 15.1. The summed E-state index contributed by atoms with van der Waals surface area (Å²) in [6.45, 7) is -0.250. The van der Waals surface area contributed by atoms with Gasteiger partial charge >= 0.3 is 11.9 Å². The lowest BCUT2D eigenvalue weighted by Gasteiger charge is -2.07. The molecule has 0 aliphatic carbocycles. The second kappa shape index (κ2) is 10.1. The molecule has 0 spiro atoms. The molecule has 29 heavy (non-hydrogen) atoms. The van der Waals surface area contributed by atoms with E-state index in [9.17, 15) is 9.59 Å². The summed E-state index contributed by atoms with van der Waals surface area (Å²) in [5.74, 6) is -0.452. The van der Waals surface area contributed by atoms with Gasteiger partial charge in [0, 0.05) is 11.4 Å². The number of hydrogen-bond acceptors (Lipinski definition) is 7. The topological polar surface area (TPSA) is 142 Å². The molecular weight excluding hydrogens is 376 g/mol. The molecule has 5 N–H and O–H groups in total. The van der Waals surface area contributed by atoms with Crippen LogP contribution in [0.4, 0.5) is 11.4 Å². The van der Waals surface area contributed by atoms with Crippen molar-refractivity contribution in [1.29, 1.82) is 0 Å². The van der Waals surface area contributed by atoms with Crippen LogP contribution in [0.15, 0.2) is 72.8 Å². The Balaban J connectivity index is 0.000000941. The van der Waals surface area contributed by atoms with Gasteiger partial charge in [-0.1, -0.05) is 6.07 Å². The molecule has 0 aliphatic heterocycles. The zero-order chi connectivity index (χ0) is 21.2. The minimum absolute atomic E-state index is 0.230. The average molecular weight is 394 g/mol. The monoisotopic (exact) mass is 394 g/mol. The molecule has 0 aromatic heterocycles. The van der Waals surface area contributed by atoms with Crippen LogP contribution < -0.4 is 20.9 Å². The molecule has 3 aromatic carbocycles. The minimum atomic E-state index is -0.586. The maximum absolute atomic E-state index is 12.3. The molecule has 0 atom stereocenters. The Morgan fingerprint density at radius 3 is 1.41 bits per heavy atom. The molecule has 0 bridgehead atoms. The van der Waals surface area contributed by atoms with E-state index in [1.54, 1.807) is 66.7 Å². The highest BCUT2D eigenvalue weighted by atomic mass is 16.5. The summed E-state index contributed by atoms with van der Waals surface area (Å²) < 4.78 is 10.5. The molecule has 8 nitrogen and oxygen atoms in total. The van der Waals surface area contributed by atoms with Crippen LogP contribution in [0, 0.1) is 0 Å². The zero-order valence-electron chi connectivity index (χ0n) is 15.1. The average Bonchev–Trinajstić information content (AvgIpc) is 2.72. The van der Waals surface area contributed by atoms with E-state index >= 15 is 0 Å². The number of anilines is 2. The first-order chi connectivity index (χ1) is 13.9. The first kappa shape index (κ1) is 21.0. The third-order valence-corrected chi connectivity index (χ3v) is 3.52. The summed E-state index contributed by atoms with van der Waals surface area (Å²) in [4.78, 5) is 32.9. The van der Waals surface area contributed by atoms with Gasteiger partial charge in [-0.2, -0.15) is 0 Å². The molecule has 0 radical (unpaired) electrons. The number of benzene rings is 3. The third-order valence-electron chi connectivity index (χ3n) is 3.52. The lowest BCUT2D eigenvalue weighted by molar-refractivity contribution is -0.122. The van der Waals surface area contributed by atoms with E-state index in [-0.39, 0.29) is 17.6 Å². The van der Waals surface area contributed by atoms with E-state index in [1.807, 2.05) is 0 Å². The number of ether oxygens (including phenoxy) is 2. The van der Waals surface area contributed by atoms with E-state index in [0.29, 0.717) is 22.9 Å². The molecule has 0 fully saturated rings. The summed E-state index contributed by atoms with van der Waals surface area (Å²) in [6.07, 6.45) is 0. The van der Waals surface area contributed by atoms with Gasteiger partial charge in [-0.15, -0.1) is 0 Å². The minimum Gasteiger partial charge on any atom is -0.483 e. The molecule has 0 amide bonds. The number of nitrogen functional groups attached to an aromatic ring is 2. The first-order valence-corrected chi connectivity index (χ1v) is 8.26. The fourth-order valence-electron chi connectivity index (χ4n) is 2.18.